The van der Waals surface area contributed by atoms with Gasteiger partial charge in [0.2, 0.25) is 5.91 Å². The fraction of sp³-hybridized carbons (Fsp3) is 0.500. The van der Waals surface area contributed by atoms with E-state index in [0.717, 1.165) is 6.07 Å². The molecule has 1 saturated carbocycles. The van der Waals surface area contributed by atoms with Crippen molar-refractivity contribution < 1.29 is 32.6 Å². The van der Waals surface area contributed by atoms with Crippen molar-refractivity contribution in [3.05, 3.63) is 35.4 Å². The van der Waals surface area contributed by atoms with E-state index in [9.17, 15) is 27.9 Å². The Morgan fingerprint density at radius 3 is 2.50 bits per heavy atom. The SMILES string of the molecule is O=C(O)C1(C(=O)N2CCOC(c3ccccc3C(F)(F)F)C2)CC1. The van der Waals surface area contributed by atoms with Gasteiger partial charge in [-0.25, -0.2) is 0 Å². The number of carboxylic acids is 1. The van der Waals surface area contributed by atoms with Crippen molar-refractivity contribution in [3.63, 3.8) is 0 Å². The van der Waals surface area contributed by atoms with E-state index in [1.165, 1.54) is 23.1 Å². The lowest BCUT2D eigenvalue weighted by Crippen LogP contribution is -2.47. The van der Waals surface area contributed by atoms with E-state index in [0.29, 0.717) is 0 Å². The number of aliphatic carboxylic acids is 1. The molecule has 1 N–H and O–H groups in total. The first-order valence-electron chi connectivity index (χ1n) is 7.56. The van der Waals surface area contributed by atoms with Crippen LogP contribution in [0.25, 0.3) is 0 Å². The molecule has 1 unspecified atom stereocenters. The van der Waals surface area contributed by atoms with E-state index < -0.39 is 35.1 Å². The number of morpholine rings is 1. The molecule has 1 aromatic rings. The summed E-state index contributed by atoms with van der Waals surface area (Å²) in [6.45, 7) is 0.164. The van der Waals surface area contributed by atoms with Gasteiger partial charge in [-0.1, -0.05) is 18.2 Å². The number of alkyl halides is 3. The molecule has 0 aromatic heterocycles. The number of hydrogen-bond acceptors (Lipinski definition) is 3. The third-order valence-corrected chi connectivity index (χ3v) is 4.54. The Balaban J connectivity index is 1.83. The maximum atomic E-state index is 13.2. The lowest BCUT2D eigenvalue weighted by molar-refractivity contribution is -0.157. The summed E-state index contributed by atoms with van der Waals surface area (Å²) >= 11 is 0. The fourth-order valence-electron chi connectivity index (χ4n) is 3.00. The Labute approximate surface area is 136 Å². The molecule has 5 nitrogen and oxygen atoms in total. The molecule has 24 heavy (non-hydrogen) atoms. The van der Waals surface area contributed by atoms with Gasteiger partial charge >= 0.3 is 12.1 Å². The first kappa shape index (κ1) is 16.8. The molecule has 3 rings (SSSR count). The number of rotatable bonds is 3. The Kier molecular flexibility index (Phi) is 4.03. The Morgan fingerprint density at radius 2 is 1.92 bits per heavy atom. The maximum Gasteiger partial charge on any atom is 0.416 e. The molecule has 1 aromatic carbocycles. The molecule has 130 valence electrons. The zero-order valence-corrected chi connectivity index (χ0v) is 12.7. The van der Waals surface area contributed by atoms with Gasteiger partial charge in [0.1, 0.15) is 11.5 Å². The fourth-order valence-corrected chi connectivity index (χ4v) is 3.00. The Morgan fingerprint density at radius 1 is 1.25 bits per heavy atom. The van der Waals surface area contributed by atoms with Gasteiger partial charge in [0, 0.05) is 6.54 Å². The summed E-state index contributed by atoms with van der Waals surface area (Å²) in [5.74, 6) is -1.71. The minimum absolute atomic E-state index is 0.0392. The summed E-state index contributed by atoms with van der Waals surface area (Å²) in [6.07, 6.45) is -4.92. The molecule has 1 heterocycles. The van der Waals surface area contributed by atoms with Gasteiger partial charge in [-0.3, -0.25) is 9.59 Å². The van der Waals surface area contributed by atoms with Crippen LogP contribution in [-0.4, -0.2) is 41.6 Å². The Hall–Kier alpha value is -2.09. The van der Waals surface area contributed by atoms with Crippen LogP contribution in [0.4, 0.5) is 13.2 Å². The van der Waals surface area contributed by atoms with Crippen LogP contribution in [0, 0.1) is 5.41 Å². The smallest absolute Gasteiger partial charge is 0.416 e. The van der Waals surface area contributed by atoms with E-state index in [1.807, 2.05) is 0 Å². The minimum atomic E-state index is -4.52. The van der Waals surface area contributed by atoms with Crippen molar-refractivity contribution in [2.75, 3.05) is 19.7 Å². The molecule has 2 aliphatic rings. The number of hydrogen-bond donors (Lipinski definition) is 1. The van der Waals surface area contributed by atoms with Crippen LogP contribution in [0.1, 0.15) is 30.1 Å². The highest BCUT2D eigenvalue weighted by molar-refractivity contribution is 6.04. The van der Waals surface area contributed by atoms with Crippen molar-refractivity contribution in [3.8, 4) is 0 Å². The molecule has 1 saturated heterocycles. The summed E-state index contributed by atoms with van der Waals surface area (Å²) in [4.78, 5) is 25.0. The Bertz CT molecular complexity index is 670. The highest BCUT2D eigenvalue weighted by atomic mass is 19.4. The molecule has 8 heteroatoms. The molecule has 0 radical (unpaired) electrons. The average Bonchev–Trinajstić information content (AvgIpc) is 3.35. The van der Waals surface area contributed by atoms with Crippen molar-refractivity contribution >= 4 is 11.9 Å². The van der Waals surface area contributed by atoms with Gasteiger partial charge in [0.25, 0.3) is 0 Å². The second-order valence-electron chi connectivity index (χ2n) is 6.08. The van der Waals surface area contributed by atoms with Crippen LogP contribution in [-0.2, 0) is 20.5 Å². The van der Waals surface area contributed by atoms with Crippen molar-refractivity contribution in [1.82, 2.24) is 4.90 Å². The number of carbonyl (C=O) groups excluding carboxylic acids is 1. The van der Waals surface area contributed by atoms with E-state index in [-0.39, 0.29) is 38.1 Å². The molecule has 1 amide bonds. The molecular formula is C16H16F3NO4. The van der Waals surface area contributed by atoms with Crippen LogP contribution in [0.15, 0.2) is 24.3 Å². The van der Waals surface area contributed by atoms with Crippen molar-refractivity contribution in [1.29, 1.82) is 0 Å². The zero-order valence-electron chi connectivity index (χ0n) is 12.7. The number of carboxylic acid groups (broad SMARTS) is 1. The molecule has 1 atom stereocenters. The molecular weight excluding hydrogens is 327 g/mol. The number of carbonyl (C=O) groups is 2. The lowest BCUT2D eigenvalue weighted by Gasteiger charge is -2.35. The lowest BCUT2D eigenvalue weighted by atomic mass is 9.99. The number of amides is 1. The van der Waals surface area contributed by atoms with E-state index in [4.69, 9.17) is 4.74 Å². The normalized spacial score (nSPS) is 23.0. The van der Waals surface area contributed by atoms with Gasteiger partial charge < -0.3 is 14.7 Å². The summed E-state index contributed by atoms with van der Waals surface area (Å²) < 4.78 is 44.9. The molecule has 0 bridgehead atoms. The second-order valence-corrected chi connectivity index (χ2v) is 6.08. The number of benzene rings is 1. The van der Waals surface area contributed by atoms with Crippen LogP contribution >= 0.6 is 0 Å². The van der Waals surface area contributed by atoms with E-state index in [2.05, 4.69) is 0 Å². The first-order chi connectivity index (χ1) is 11.3. The highest BCUT2D eigenvalue weighted by Gasteiger charge is 2.59. The first-order valence-corrected chi connectivity index (χ1v) is 7.56. The van der Waals surface area contributed by atoms with Crippen LogP contribution < -0.4 is 0 Å². The number of ether oxygens (including phenoxy) is 1. The van der Waals surface area contributed by atoms with Crippen molar-refractivity contribution in [2.24, 2.45) is 5.41 Å². The maximum absolute atomic E-state index is 13.2. The largest absolute Gasteiger partial charge is 0.480 e. The third kappa shape index (κ3) is 2.86. The van der Waals surface area contributed by atoms with Gasteiger partial charge in [-0.05, 0) is 24.5 Å². The van der Waals surface area contributed by atoms with Gasteiger partial charge in [-0.2, -0.15) is 13.2 Å². The zero-order chi connectivity index (χ0) is 17.5. The van der Waals surface area contributed by atoms with Crippen molar-refractivity contribution in [2.45, 2.75) is 25.1 Å². The molecule has 1 aliphatic heterocycles. The molecule has 0 spiro atoms. The minimum Gasteiger partial charge on any atom is -0.480 e. The summed E-state index contributed by atoms with van der Waals surface area (Å²) in [5.41, 5.74) is -2.24. The second kappa shape index (κ2) is 5.77. The monoisotopic (exact) mass is 343 g/mol. The summed E-state index contributed by atoms with van der Waals surface area (Å²) in [5, 5.41) is 9.21. The average molecular weight is 343 g/mol. The predicted molar refractivity (Wildman–Crippen MR) is 76.0 cm³/mol. The van der Waals surface area contributed by atoms with Crippen LogP contribution in [0.2, 0.25) is 0 Å². The highest BCUT2D eigenvalue weighted by Crippen LogP contribution is 2.48. The third-order valence-electron chi connectivity index (χ3n) is 4.54. The number of halogens is 3. The molecule has 1 aliphatic carbocycles. The summed E-state index contributed by atoms with van der Waals surface area (Å²) in [7, 11) is 0. The van der Waals surface area contributed by atoms with E-state index >= 15 is 0 Å². The molecule has 2 fully saturated rings. The van der Waals surface area contributed by atoms with Gasteiger partial charge in [0.05, 0.1) is 18.7 Å². The van der Waals surface area contributed by atoms with Gasteiger partial charge in [0.15, 0.2) is 0 Å². The van der Waals surface area contributed by atoms with Crippen LogP contribution in [0.5, 0.6) is 0 Å². The van der Waals surface area contributed by atoms with E-state index in [1.54, 1.807) is 0 Å². The standard InChI is InChI=1S/C16H16F3NO4/c17-16(18,19)11-4-2-1-3-10(11)12-9-20(7-8-24-12)13(21)15(5-6-15)14(22)23/h1-4,12H,5-9H2,(H,22,23). The topological polar surface area (TPSA) is 66.8 Å². The van der Waals surface area contributed by atoms with Gasteiger partial charge in [-0.15, -0.1) is 0 Å². The summed E-state index contributed by atoms with van der Waals surface area (Å²) in [6, 6.07) is 5.07. The predicted octanol–water partition coefficient (Wildman–Crippen LogP) is 2.47. The van der Waals surface area contributed by atoms with Crippen LogP contribution in [0.3, 0.4) is 0 Å². The quantitative estimate of drug-likeness (QED) is 0.856. The number of nitrogens with zero attached hydrogens (tertiary/aromatic N) is 1.